The Kier molecular flexibility index (Phi) is 1.46. The van der Waals surface area contributed by atoms with Crippen molar-refractivity contribution in [3.8, 4) is 0 Å². The highest BCUT2D eigenvalue weighted by molar-refractivity contribution is 5.27. The molecule has 0 atom stereocenters. The normalized spacial score (nSPS) is 16.2. The third kappa shape index (κ3) is 1.16. The standard InChI is InChI=1S/C9H10NO/c11-10-6-5-8-3-1-2-4-9(8)7-10/h1-4H,5-7H2/q+1. The minimum Gasteiger partial charge on any atom is -0.0620 e. The fourth-order valence-corrected chi connectivity index (χ4v) is 1.47. The molecule has 0 N–H and O–H groups in total. The first-order valence-electron chi connectivity index (χ1n) is 3.85. The maximum Gasteiger partial charge on any atom is 0.217 e. The maximum atomic E-state index is 10.9. The predicted octanol–water partition coefficient (Wildman–Crippen LogP) is 1.52. The number of fused-ring (bicyclic) bond motifs is 1. The van der Waals surface area contributed by atoms with E-state index >= 15 is 0 Å². The molecular weight excluding hydrogens is 138 g/mol. The summed E-state index contributed by atoms with van der Waals surface area (Å²) < 4.78 is 1.11. The van der Waals surface area contributed by atoms with E-state index < -0.39 is 0 Å². The summed E-state index contributed by atoms with van der Waals surface area (Å²) in [5, 5.41) is 0. The summed E-state index contributed by atoms with van der Waals surface area (Å²) in [5.74, 6) is 0. The van der Waals surface area contributed by atoms with Crippen LogP contribution in [0, 0.1) is 4.91 Å². The largest absolute Gasteiger partial charge is 0.217 e. The second-order valence-corrected chi connectivity index (χ2v) is 2.88. The van der Waals surface area contributed by atoms with Gasteiger partial charge in [-0.3, -0.25) is 0 Å². The average molecular weight is 148 g/mol. The van der Waals surface area contributed by atoms with Crippen LogP contribution in [0.3, 0.4) is 0 Å². The van der Waals surface area contributed by atoms with E-state index in [2.05, 4.69) is 6.07 Å². The van der Waals surface area contributed by atoms with E-state index in [1.165, 1.54) is 11.1 Å². The van der Waals surface area contributed by atoms with E-state index in [-0.39, 0.29) is 0 Å². The lowest BCUT2D eigenvalue weighted by Gasteiger charge is -2.08. The quantitative estimate of drug-likeness (QED) is 0.511. The zero-order valence-electron chi connectivity index (χ0n) is 6.29. The lowest BCUT2D eigenvalue weighted by atomic mass is 10.0. The van der Waals surface area contributed by atoms with Crippen LogP contribution in [-0.4, -0.2) is 11.3 Å². The van der Waals surface area contributed by atoms with Gasteiger partial charge in [0.15, 0.2) is 6.54 Å². The number of benzene rings is 1. The van der Waals surface area contributed by atoms with Crippen molar-refractivity contribution in [1.29, 1.82) is 0 Å². The first kappa shape index (κ1) is 6.53. The number of nitroso groups, excluding NO2 is 1. The second-order valence-electron chi connectivity index (χ2n) is 2.88. The van der Waals surface area contributed by atoms with Crippen LogP contribution in [0.5, 0.6) is 0 Å². The highest BCUT2D eigenvalue weighted by atomic mass is 16.3. The molecule has 0 saturated carbocycles. The fourth-order valence-electron chi connectivity index (χ4n) is 1.47. The first-order chi connectivity index (χ1) is 5.36. The molecule has 0 spiro atoms. The maximum absolute atomic E-state index is 10.9. The highest BCUT2D eigenvalue weighted by Crippen LogP contribution is 2.14. The van der Waals surface area contributed by atoms with Gasteiger partial charge in [-0.15, -0.1) is 0 Å². The topological polar surface area (TPSA) is 20.1 Å². The minimum atomic E-state index is 0.566. The Morgan fingerprint density at radius 3 is 2.73 bits per heavy atom. The van der Waals surface area contributed by atoms with Gasteiger partial charge in [-0.1, -0.05) is 24.3 Å². The predicted molar refractivity (Wildman–Crippen MR) is 42.3 cm³/mol. The van der Waals surface area contributed by atoms with Gasteiger partial charge in [-0.2, -0.15) is 0 Å². The molecular formula is C9H10NO+. The summed E-state index contributed by atoms with van der Waals surface area (Å²) in [7, 11) is 0. The number of hydrogen-bond acceptors (Lipinski definition) is 1. The van der Waals surface area contributed by atoms with E-state index in [4.69, 9.17) is 0 Å². The molecule has 0 unspecified atom stereocenters. The van der Waals surface area contributed by atoms with Gasteiger partial charge >= 0.3 is 0 Å². The molecule has 2 heteroatoms. The lowest BCUT2D eigenvalue weighted by Crippen LogP contribution is -2.19. The van der Waals surface area contributed by atoms with E-state index in [0.717, 1.165) is 11.2 Å². The fraction of sp³-hybridized carbons (Fsp3) is 0.333. The van der Waals surface area contributed by atoms with E-state index in [9.17, 15) is 4.91 Å². The van der Waals surface area contributed by atoms with Crippen molar-refractivity contribution in [3.63, 3.8) is 0 Å². The molecule has 0 saturated heterocycles. The van der Waals surface area contributed by atoms with Gasteiger partial charge in [0.1, 0.15) is 0 Å². The Balaban J connectivity index is 2.41. The van der Waals surface area contributed by atoms with Crippen molar-refractivity contribution in [2.45, 2.75) is 13.0 Å². The van der Waals surface area contributed by atoms with Gasteiger partial charge in [0, 0.05) is 21.7 Å². The monoisotopic (exact) mass is 148 g/mol. The molecule has 1 aliphatic heterocycles. The van der Waals surface area contributed by atoms with Crippen molar-refractivity contribution in [2.24, 2.45) is 0 Å². The molecule has 1 aromatic carbocycles. The van der Waals surface area contributed by atoms with Gasteiger partial charge < -0.3 is 0 Å². The van der Waals surface area contributed by atoms with Gasteiger partial charge in [0.25, 0.3) is 0 Å². The lowest BCUT2D eigenvalue weighted by molar-refractivity contribution is -0.567. The summed E-state index contributed by atoms with van der Waals surface area (Å²) in [6.07, 6.45) is 0.902. The molecule has 0 radical (unpaired) electrons. The molecule has 0 bridgehead atoms. The molecule has 56 valence electrons. The number of nitrogens with zero attached hydrogens (tertiary/aromatic N) is 1. The van der Waals surface area contributed by atoms with Crippen LogP contribution in [0.1, 0.15) is 11.1 Å². The summed E-state index contributed by atoms with van der Waals surface area (Å²) in [6, 6.07) is 8.14. The summed E-state index contributed by atoms with van der Waals surface area (Å²) in [4.78, 5) is 10.9. The third-order valence-corrected chi connectivity index (χ3v) is 2.10. The van der Waals surface area contributed by atoms with Gasteiger partial charge in [-0.25, -0.2) is 0 Å². The van der Waals surface area contributed by atoms with Gasteiger partial charge in [0.2, 0.25) is 6.54 Å². The minimum absolute atomic E-state index is 0.566. The molecule has 0 amide bonds. The van der Waals surface area contributed by atoms with Crippen LogP contribution in [0.25, 0.3) is 0 Å². The third-order valence-electron chi connectivity index (χ3n) is 2.10. The van der Waals surface area contributed by atoms with E-state index in [0.29, 0.717) is 13.1 Å². The van der Waals surface area contributed by atoms with Crippen molar-refractivity contribution in [2.75, 3.05) is 6.54 Å². The second kappa shape index (κ2) is 2.46. The molecule has 1 aliphatic rings. The van der Waals surface area contributed by atoms with Gasteiger partial charge in [-0.05, 0) is 5.56 Å². The SMILES string of the molecule is O=[N+]1CCc2ccccc2C1. The molecule has 2 rings (SSSR count). The molecule has 2 nitrogen and oxygen atoms in total. The summed E-state index contributed by atoms with van der Waals surface area (Å²) >= 11 is 0. The van der Waals surface area contributed by atoms with Crippen LogP contribution in [0.15, 0.2) is 24.3 Å². The highest BCUT2D eigenvalue weighted by Gasteiger charge is 2.19. The zero-order chi connectivity index (χ0) is 7.68. The Morgan fingerprint density at radius 1 is 1.18 bits per heavy atom. The van der Waals surface area contributed by atoms with Crippen LogP contribution < -0.4 is 0 Å². The average Bonchev–Trinajstić information content (AvgIpc) is 2.04. The van der Waals surface area contributed by atoms with E-state index in [1.54, 1.807) is 0 Å². The van der Waals surface area contributed by atoms with Crippen molar-refractivity contribution < 1.29 is 4.76 Å². The smallest absolute Gasteiger partial charge is 0.0620 e. The Hall–Kier alpha value is -1.18. The van der Waals surface area contributed by atoms with Crippen LogP contribution in [0.4, 0.5) is 0 Å². The zero-order valence-corrected chi connectivity index (χ0v) is 6.29. The number of hydrogen-bond donors (Lipinski definition) is 0. The van der Waals surface area contributed by atoms with Crippen LogP contribution in [0.2, 0.25) is 0 Å². The molecule has 11 heavy (non-hydrogen) atoms. The summed E-state index contributed by atoms with van der Waals surface area (Å²) in [5.41, 5.74) is 2.52. The molecule has 1 aromatic rings. The van der Waals surface area contributed by atoms with Crippen LogP contribution in [-0.2, 0) is 13.0 Å². The van der Waals surface area contributed by atoms with E-state index in [1.807, 2.05) is 18.2 Å². The Morgan fingerprint density at radius 2 is 1.91 bits per heavy atom. The van der Waals surface area contributed by atoms with Crippen molar-refractivity contribution in [1.82, 2.24) is 0 Å². The molecule has 0 aliphatic carbocycles. The molecule has 1 heterocycles. The first-order valence-corrected chi connectivity index (χ1v) is 3.85. The molecule has 0 fully saturated rings. The Bertz CT molecular complexity index is 293. The van der Waals surface area contributed by atoms with Crippen molar-refractivity contribution in [3.05, 3.63) is 40.3 Å². The van der Waals surface area contributed by atoms with Crippen LogP contribution >= 0.6 is 0 Å². The summed E-state index contributed by atoms with van der Waals surface area (Å²) in [6.45, 7) is 1.22. The Labute approximate surface area is 65.4 Å². The molecule has 0 aromatic heterocycles. The number of rotatable bonds is 0. The van der Waals surface area contributed by atoms with Crippen molar-refractivity contribution >= 4 is 0 Å². The van der Waals surface area contributed by atoms with Gasteiger partial charge in [0.05, 0.1) is 0 Å².